The maximum absolute atomic E-state index is 14.2. The van der Waals surface area contributed by atoms with Gasteiger partial charge in [-0.05, 0) is 66.2 Å². The molecule has 0 saturated carbocycles. The van der Waals surface area contributed by atoms with Gasteiger partial charge in [0, 0.05) is 60.4 Å². The molecule has 0 spiro atoms. The lowest BCUT2D eigenvalue weighted by atomic mass is 9.98. The summed E-state index contributed by atoms with van der Waals surface area (Å²) in [5, 5.41) is 53.5. The van der Waals surface area contributed by atoms with E-state index in [0.29, 0.717) is 49.9 Å². The number of thiophene rings is 1. The van der Waals surface area contributed by atoms with Crippen LogP contribution in [0, 0.1) is 5.82 Å². The van der Waals surface area contributed by atoms with Crippen molar-refractivity contribution in [3.63, 3.8) is 0 Å². The average molecular weight is 925 g/mol. The monoisotopic (exact) mass is 924 g/mol. The average Bonchev–Trinajstić information content (AvgIpc) is 3.70. The molecule has 334 valence electrons. The Bertz CT molecular complexity index is 2880. The Balaban J connectivity index is 1.14. The number of ether oxygens (including phenoxy) is 4. The molecule has 0 amide bonds. The first-order valence-electron chi connectivity index (χ1n) is 20.1. The fraction of sp³-hybridized carbons (Fsp3) is 0.222. The molecule has 0 unspecified atom stereocenters. The number of halogens is 2. The molecule has 5 N–H and O–H groups in total. The fourth-order valence-electron chi connectivity index (χ4n) is 7.60. The summed E-state index contributed by atoms with van der Waals surface area (Å²) in [5.41, 5.74) is 2.40. The number of rotatable bonds is 9. The van der Waals surface area contributed by atoms with Crippen LogP contribution in [0.4, 0.5) is 4.39 Å². The molecule has 4 aromatic carbocycles. The molecular weight excluding hydrogens is 887 g/mol. The highest BCUT2D eigenvalue weighted by Crippen LogP contribution is 2.52. The minimum Gasteiger partial charge on any atom is -0.506 e. The molecule has 3 atom stereocenters. The lowest BCUT2D eigenvalue weighted by Crippen LogP contribution is -2.54. The number of aliphatic carboxylic acids is 1. The van der Waals surface area contributed by atoms with E-state index in [1.165, 1.54) is 36.0 Å². The number of nitrogens with zero attached hydrogens (tertiary/aromatic N) is 6. The third-order valence-corrected chi connectivity index (χ3v) is 12.3. The van der Waals surface area contributed by atoms with Crippen molar-refractivity contribution in [2.24, 2.45) is 0 Å². The summed E-state index contributed by atoms with van der Waals surface area (Å²) in [6.45, 7) is 0.683. The van der Waals surface area contributed by atoms with Gasteiger partial charge < -0.3 is 44.4 Å². The summed E-state index contributed by atoms with van der Waals surface area (Å²) in [4.78, 5) is 38.3. The van der Waals surface area contributed by atoms with Gasteiger partial charge in [0.15, 0.2) is 11.6 Å². The quantitative estimate of drug-likeness (QED) is 0.0730. The Morgan fingerprint density at radius 2 is 1.80 bits per heavy atom. The van der Waals surface area contributed by atoms with E-state index in [1.807, 2.05) is 4.90 Å². The van der Waals surface area contributed by atoms with Gasteiger partial charge in [-0.2, -0.15) is 5.06 Å². The van der Waals surface area contributed by atoms with Gasteiger partial charge in [0.25, 0.3) is 0 Å². The van der Waals surface area contributed by atoms with Gasteiger partial charge >= 0.3 is 5.97 Å². The standard InChI is InChI=1S/C45H38ClFN6O11S/c46-39-34-12-10-31(40(39)55)37-38-43(49-23-50-44(38)65-41(37)24-5-7-26(47)8-6-24)63-35(45(56)57)18-25-17-28(60-22-29(62-34)19-52-15-16-53(58)36(54)20-52)9-11-32(25)61-21-27-13-14-48-42(51-27)30-3-1-2-4-33(30)64-59/h1-14,17,23,29,35-36,54-55,58-59H,15-16,18-22H2,(H,56,57)/t29-,35-,36-/m1/s1. The lowest BCUT2D eigenvalue weighted by Gasteiger charge is -2.36. The summed E-state index contributed by atoms with van der Waals surface area (Å²) >= 11 is 8.12. The number of aliphatic hydroxyl groups excluding tert-OH is 1. The predicted octanol–water partition coefficient (Wildman–Crippen LogP) is 6.95. The Hall–Kier alpha value is -6.71. The summed E-state index contributed by atoms with van der Waals surface area (Å²) in [5.74, 6) is -1.15. The van der Waals surface area contributed by atoms with Crippen molar-refractivity contribution in [2.45, 2.75) is 31.5 Å². The molecule has 3 aliphatic heterocycles. The Kier molecular flexibility index (Phi) is 12.6. The second-order valence-corrected chi connectivity index (χ2v) is 16.4. The van der Waals surface area contributed by atoms with Crippen molar-refractivity contribution in [1.82, 2.24) is 29.9 Å². The van der Waals surface area contributed by atoms with Gasteiger partial charge in [0.1, 0.15) is 70.5 Å². The Morgan fingerprint density at radius 3 is 2.60 bits per heavy atom. The molecule has 0 aliphatic carbocycles. The zero-order chi connectivity index (χ0) is 45.2. The number of fused-ring (bicyclic) bond motifs is 7. The number of hydrogen-bond donors (Lipinski definition) is 5. The van der Waals surface area contributed by atoms with Gasteiger partial charge in [-0.25, -0.2) is 34.4 Å². The number of aliphatic hydroxyl groups is 1. The molecule has 1 saturated heterocycles. The molecule has 1 fully saturated rings. The van der Waals surface area contributed by atoms with Gasteiger partial charge in [-0.15, -0.1) is 11.3 Å². The lowest BCUT2D eigenvalue weighted by molar-refractivity contribution is -0.222. The van der Waals surface area contributed by atoms with Crippen LogP contribution >= 0.6 is 22.9 Å². The highest BCUT2D eigenvalue weighted by Gasteiger charge is 2.31. The number of benzene rings is 4. The first-order valence-corrected chi connectivity index (χ1v) is 21.3. The summed E-state index contributed by atoms with van der Waals surface area (Å²) in [7, 11) is 0. The fourth-order valence-corrected chi connectivity index (χ4v) is 8.96. The Morgan fingerprint density at radius 1 is 0.969 bits per heavy atom. The van der Waals surface area contributed by atoms with Crippen molar-refractivity contribution in [3.8, 4) is 67.6 Å². The SMILES string of the molecule is O=C(O)[C@H]1Cc2cc(ccc2OCc2ccnc(-c3ccccc3OO)n2)OC[C@@H](CN2CCN(O)[C@H](O)C2)Oc2ccc(c(O)c2Cl)-c2c(-c3ccc(F)cc3)sc3ncnc(c23)O1. The van der Waals surface area contributed by atoms with E-state index < -0.39 is 30.2 Å². The Labute approximate surface area is 377 Å². The van der Waals surface area contributed by atoms with Crippen molar-refractivity contribution in [3.05, 3.63) is 120 Å². The van der Waals surface area contributed by atoms with Crippen LogP contribution < -0.4 is 23.8 Å². The van der Waals surface area contributed by atoms with Crippen molar-refractivity contribution < 1.29 is 58.8 Å². The van der Waals surface area contributed by atoms with Crippen LogP contribution in [0.2, 0.25) is 5.02 Å². The molecule has 20 heteroatoms. The van der Waals surface area contributed by atoms with E-state index in [2.05, 4.69) is 24.8 Å². The smallest absolute Gasteiger partial charge is 0.345 e. The van der Waals surface area contributed by atoms with Crippen LogP contribution in [0.25, 0.3) is 43.2 Å². The van der Waals surface area contributed by atoms with E-state index in [0.717, 1.165) is 5.06 Å². The van der Waals surface area contributed by atoms with Crippen LogP contribution in [0.3, 0.4) is 0 Å². The van der Waals surface area contributed by atoms with E-state index in [9.17, 15) is 35.0 Å². The number of phenols is 1. The van der Waals surface area contributed by atoms with Crippen molar-refractivity contribution in [1.29, 1.82) is 0 Å². The molecule has 4 bridgehead atoms. The number of para-hydroxylation sites is 1. The minimum atomic E-state index is -1.57. The first kappa shape index (κ1) is 43.5. The summed E-state index contributed by atoms with van der Waals surface area (Å²) < 4.78 is 39.6. The van der Waals surface area contributed by atoms with E-state index in [4.69, 9.17) is 30.5 Å². The highest BCUT2D eigenvalue weighted by atomic mass is 35.5. The van der Waals surface area contributed by atoms with E-state index >= 15 is 0 Å². The zero-order valence-corrected chi connectivity index (χ0v) is 35.5. The molecule has 65 heavy (non-hydrogen) atoms. The van der Waals surface area contributed by atoms with Crippen molar-refractivity contribution in [2.75, 3.05) is 32.8 Å². The van der Waals surface area contributed by atoms with Crippen LogP contribution in [-0.4, -0.2) is 113 Å². The normalized spacial score (nSPS) is 18.0. The molecule has 3 aromatic heterocycles. The van der Waals surface area contributed by atoms with Gasteiger partial charge in [-0.1, -0.05) is 35.9 Å². The number of aromatic nitrogens is 4. The predicted molar refractivity (Wildman–Crippen MR) is 233 cm³/mol. The minimum absolute atomic E-state index is 0.0786. The number of piperazine rings is 1. The zero-order valence-electron chi connectivity index (χ0n) is 34.0. The summed E-state index contributed by atoms with van der Waals surface area (Å²) in [6, 6.07) is 22.1. The second-order valence-electron chi connectivity index (χ2n) is 15.1. The van der Waals surface area contributed by atoms with Gasteiger partial charge in [0.05, 0.1) is 16.6 Å². The van der Waals surface area contributed by atoms with Crippen LogP contribution in [0.5, 0.6) is 34.6 Å². The van der Waals surface area contributed by atoms with Gasteiger partial charge in [-0.3, -0.25) is 4.90 Å². The maximum Gasteiger partial charge on any atom is 0.345 e. The number of β-amino-alcohol motifs (C(OH)–C–C–N with tert-alkyl or cyclic N) is 1. The van der Waals surface area contributed by atoms with Crippen LogP contribution in [0.1, 0.15) is 11.3 Å². The number of carboxylic acid groups (broad SMARTS) is 1. The molecule has 6 heterocycles. The highest BCUT2D eigenvalue weighted by molar-refractivity contribution is 7.22. The van der Waals surface area contributed by atoms with Crippen molar-refractivity contribution >= 4 is 39.1 Å². The molecule has 3 aliphatic rings. The molecule has 0 radical (unpaired) electrons. The third kappa shape index (κ3) is 9.29. The number of hydroxylamine groups is 2. The number of aromatic hydroxyl groups is 1. The molecule has 7 aromatic rings. The third-order valence-electron chi connectivity index (χ3n) is 10.8. The number of carbonyl (C=O) groups is 1. The van der Waals surface area contributed by atoms with E-state index in [-0.39, 0.29) is 89.9 Å². The topological polar surface area (TPSA) is 222 Å². The van der Waals surface area contributed by atoms with Crippen LogP contribution in [0.15, 0.2) is 97.5 Å². The van der Waals surface area contributed by atoms with E-state index in [1.54, 1.807) is 72.8 Å². The number of phenolic OH excluding ortho intramolecular Hbond substituents is 1. The molecule has 17 nitrogen and oxygen atoms in total. The largest absolute Gasteiger partial charge is 0.506 e. The molecule has 10 rings (SSSR count). The molecular formula is C45H38ClFN6O11S. The first-order chi connectivity index (χ1) is 31.5. The van der Waals surface area contributed by atoms with Crippen LogP contribution in [-0.2, 0) is 17.8 Å². The maximum atomic E-state index is 14.2. The van der Waals surface area contributed by atoms with Gasteiger partial charge in [0.2, 0.25) is 12.0 Å². The number of carboxylic acids is 1. The summed E-state index contributed by atoms with van der Waals surface area (Å²) in [6.07, 6.45) is -0.981. The second kappa shape index (κ2) is 18.8. The number of hydrogen-bond acceptors (Lipinski definition) is 17.